The summed E-state index contributed by atoms with van der Waals surface area (Å²) in [6, 6.07) is 7.72. The molecular formula is C14H13FN4O. The van der Waals surface area contributed by atoms with Crippen LogP contribution in [0.3, 0.4) is 0 Å². The van der Waals surface area contributed by atoms with Crippen LogP contribution in [0, 0.1) is 5.82 Å². The molecule has 5 nitrogen and oxygen atoms in total. The number of rotatable bonds is 3. The number of aromatic nitrogens is 4. The number of nitrogens with zero attached hydrogens (tertiary/aromatic N) is 2. The number of hydrogen-bond acceptors (Lipinski definition) is 2. The Bertz CT molecular complexity index is 782. The van der Waals surface area contributed by atoms with Crippen molar-refractivity contribution in [2.45, 2.75) is 6.42 Å². The number of hydrogen-bond donors (Lipinski definition) is 2. The van der Waals surface area contributed by atoms with E-state index >= 15 is 0 Å². The Morgan fingerprint density at radius 2 is 2.00 bits per heavy atom. The number of aromatic amines is 2. The lowest BCUT2D eigenvalue weighted by atomic mass is 10.0. The number of H-pyrrole nitrogens is 2. The molecule has 102 valence electrons. The number of aryl methyl sites for hydroxylation is 1. The minimum absolute atomic E-state index is 0.160. The molecule has 2 N–H and O–H groups in total. The van der Waals surface area contributed by atoms with Gasteiger partial charge in [-0.05, 0) is 24.3 Å². The maximum atomic E-state index is 13.0. The summed E-state index contributed by atoms with van der Waals surface area (Å²) in [5.74, 6) is -0.277. The Balaban J connectivity index is 1.99. The number of nitrogens with one attached hydrogen (secondary N) is 2. The summed E-state index contributed by atoms with van der Waals surface area (Å²) in [7, 11) is 1.83. The van der Waals surface area contributed by atoms with E-state index in [1.165, 1.54) is 18.2 Å². The van der Waals surface area contributed by atoms with E-state index in [1.54, 1.807) is 16.8 Å². The third kappa shape index (κ3) is 2.40. The first kappa shape index (κ1) is 12.4. The molecule has 20 heavy (non-hydrogen) atoms. The maximum Gasteiger partial charge on any atom is 0.264 e. The minimum atomic E-state index is -0.277. The fraction of sp³-hybridized carbons (Fsp3) is 0.143. The Labute approximate surface area is 114 Å². The van der Waals surface area contributed by atoms with Crippen molar-refractivity contribution in [3.8, 4) is 11.3 Å². The van der Waals surface area contributed by atoms with Gasteiger partial charge in [0.1, 0.15) is 5.82 Å². The van der Waals surface area contributed by atoms with E-state index in [9.17, 15) is 9.18 Å². The summed E-state index contributed by atoms with van der Waals surface area (Å²) in [5, 5.41) is 9.73. The summed E-state index contributed by atoms with van der Waals surface area (Å²) < 4.78 is 14.7. The minimum Gasteiger partial charge on any atom is -0.302 e. The predicted molar refractivity (Wildman–Crippen MR) is 72.8 cm³/mol. The van der Waals surface area contributed by atoms with Crippen LogP contribution in [0.2, 0.25) is 0 Å². The van der Waals surface area contributed by atoms with Crippen molar-refractivity contribution in [2.24, 2.45) is 7.05 Å². The van der Waals surface area contributed by atoms with E-state index in [2.05, 4.69) is 15.3 Å². The van der Waals surface area contributed by atoms with Crippen molar-refractivity contribution >= 4 is 0 Å². The SMILES string of the molecule is Cn1cc(Cc2cc(=O)[nH][nH]2)c(-c2ccc(F)cc2)n1. The van der Waals surface area contributed by atoms with Gasteiger partial charge in [0.05, 0.1) is 5.69 Å². The highest BCUT2D eigenvalue weighted by atomic mass is 19.1. The maximum absolute atomic E-state index is 13.0. The van der Waals surface area contributed by atoms with Crippen molar-refractivity contribution in [3.63, 3.8) is 0 Å². The van der Waals surface area contributed by atoms with Gasteiger partial charge >= 0.3 is 0 Å². The van der Waals surface area contributed by atoms with Crippen LogP contribution >= 0.6 is 0 Å². The van der Waals surface area contributed by atoms with Crippen molar-refractivity contribution in [3.05, 3.63) is 64.0 Å². The van der Waals surface area contributed by atoms with Crippen molar-refractivity contribution in [2.75, 3.05) is 0 Å². The molecule has 0 saturated heterocycles. The van der Waals surface area contributed by atoms with Crippen LogP contribution in [0.25, 0.3) is 11.3 Å². The quantitative estimate of drug-likeness (QED) is 0.764. The monoisotopic (exact) mass is 272 g/mol. The molecule has 3 rings (SSSR count). The standard InChI is InChI=1S/C14H13FN4O/c1-19-8-10(6-12-7-13(20)17-16-12)14(18-19)9-2-4-11(15)5-3-9/h2-5,7-8H,6H2,1H3,(H2,16,17,20). The van der Waals surface area contributed by atoms with Gasteiger partial charge in [0.25, 0.3) is 5.56 Å². The van der Waals surface area contributed by atoms with Crippen molar-refractivity contribution in [1.29, 1.82) is 0 Å². The predicted octanol–water partition coefficient (Wildman–Crippen LogP) is 1.83. The average molecular weight is 272 g/mol. The lowest BCUT2D eigenvalue weighted by molar-refractivity contribution is 0.628. The molecule has 0 radical (unpaired) electrons. The largest absolute Gasteiger partial charge is 0.302 e. The van der Waals surface area contributed by atoms with Crippen molar-refractivity contribution in [1.82, 2.24) is 20.0 Å². The van der Waals surface area contributed by atoms with Gasteiger partial charge in [0.15, 0.2) is 0 Å². The van der Waals surface area contributed by atoms with Crippen LogP contribution in [-0.4, -0.2) is 20.0 Å². The summed E-state index contributed by atoms with van der Waals surface area (Å²) in [4.78, 5) is 11.1. The molecule has 0 unspecified atom stereocenters. The summed E-state index contributed by atoms with van der Waals surface area (Å²) in [5.41, 5.74) is 3.22. The molecule has 0 amide bonds. The molecule has 2 aromatic heterocycles. The van der Waals surface area contributed by atoms with Gasteiger partial charge in [-0.2, -0.15) is 5.10 Å². The van der Waals surface area contributed by atoms with Gasteiger partial charge in [-0.15, -0.1) is 0 Å². The number of benzene rings is 1. The smallest absolute Gasteiger partial charge is 0.264 e. The Morgan fingerprint density at radius 1 is 1.25 bits per heavy atom. The highest BCUT2D eigenvalue weighted by Gasteiger charge is 2.11. The molecule has 3 aromatic rings. The zero-order chi connectivity index (χ0) is 14.1. The van der Waals surface area contributed by atoms with Gasteiger partial charge in [-0.3, -0.25) is 14.6 Å². The van der Waals surface area contributed by atoms with E-state index in [0.29, 0.717) is 6.42 Å². The van der Waals surface area contributed by atoms with Crippen LogP contribution in [0.4, 0.5) is 4.39 Å². The Morgan fingerprint density at radius 3 is 2.65 bits per heavy atom. The molecule has 0 aliphatic heterocycles. The van der Waals surface area contributed by atoms with Gasteiger partial charge in [0, 0.05) is 42.6 Å². The van der Waals surface area contributed by atoms with E-state index in [0.717, 1.165) is 22.5 Å². The zero-order valence-corrected chi connectivity index (χ0v) is 10.9. The highest BCUT2D eigenvalue weighted by Crippen LogP contribution is 2.23. The van der Waals surface area contributed by atoms with Gasteiger partial charge in [0.2, 0.25) is 0 Å². The first-order valence-electron chi connectivity index (χ1n) is 6.17. The molecule has 0 bridgehead atoms. The first-order chi connectivity index (χ1) is 9.61. The summed E-state index contributed by atoms with van der Waals surface area (Å²) in [6.45, 7) is 0. The average Bonchev–Trinajstić information content (AvgIpc) is 2.97. The molecule has 1 aromatic carbocycles. The van der Waals surface area contributed by atoms with E-state index < -0.39 is 0 Å². The van der Waals surface area contributed by atoms with Gasteiger partial charge in [-0.1, -0.05) is 0 Å². The van der Waals surface area contributed by atoms with E-state index in [1.807, 2.05) is 13.2 Å². The second-order valence-corrected chi connectivity index (χ2v) is 4.64. The second-order valence-electron chi connectivity index (χ2n) is 4.64. The first-order valence-corrected chi connectivity index (χ1v) is 6.17. The third-order valence-electron chi connectivity index (χ3n) is 3.05. The molecule has 0 spiro atoms. The molecule has 6 heteroatoms. The lowest BCUT2D eigenvalue weighted by Gasteiger charge is -2.01. The second kappa shape index (κ2) is 4.80. The van der Waals surface area contributed by atoms with Gasteiger partial charge < -0.3 is 5.10 Å². The van der Waals surface area contributed by atoms with Gasteiger partial charge in [-0.25, -0.2) is 4.39 Å². The summed E-state index contributed by atoms with van der Waals surface area (Å²) in [6.07, 6.45) is 2.45. The fourth-order valence-electron chi connectivity index (χ4n) is 2.19. The summed E-state index contributed by atoms with van der Waals surface area (Å²) >= 11 is 0. The van der Waals surface area contributed by atoms with Crippen LogP contribution in [0.15, 0.2) is 41.3 Å². The highest BCUT2D eigenvalue weighted by molar-refractivity contribution is 5.63. The van der Waals surface area contributed by atoms with Crippen LogP contribution < -0.4 is 5.56 Å². The molecule has 0 atom stereocenters. The topological polar surface area (TPSA) is 66.5 Å². The molecule has 2 heterocycles. The van der Waals surface area contributed by atoms with E-state index in [4.69, 9.17) is 0 Å². The molecule has 0 fully saturated rings. The molecule has 0 saturated carbocycles. The Hall–Kier alpha value is -2.63. The third-order valence-corrected chi connectivity index (χ3v) is 3.05. The Kier molecular flexibility index (Phi) is 2.98. The van der Waals surface area contributed by atoms with E-state index in [-0.39, 0.29) is 11.4 Å². The van der Waals surface area contributed by atoms with Crippen LogP contribution in [0.1, 0.15) is 11.3 Å². The number of halogens is 1. The lowest BCUT2D eigenvalue weighted by Crippen LogP contribution is -1.94. The molecular weight excluding hydrogens is 259 g/mol. The normalized spacial score (nSPS) is 10.9. The molecule has 0 aliphatic carbocycles. The van der Waals surface area contributed by atoms with Crippen LogP contribution in [0.5, 0.6) is 0 Å². The molecule has 0 aliphatic rings. The van der Waals surface area contributed by atoms with Crippen LogP contribution in [-0.2, 0) is 13.5 Å². The fourth-order valence-corrected chi connectivity index (χ4v) is 2.19. The van der Waals surface area contributed by atoms with Crippen molar-refractivity contribution < 1.29 is 4.39 Å². The zero-order valence-electron chi connectivity index (χ0n) is 10.9.